The Morgan fingerprint density at radius 2 is 2.21 bits per heavy atom. The van der Waals surface area contributed by atoms with E-state index in [1.807, 2.05) is 31.2 Å². The predicted octanol–water partition coefficient (Wildman–Crippen LogP) is 3.43. The highest BCUT2D eigenvalue weighted by atomic mass is 32.1. The van der Waals surface area contributed by atoms with Crippen LogP contribution in [0.3, 0.4) is 0 Å². The van der Waals surface area contributed by atoms with Crippen molar-refractivity contribution in [2.45, 2.75) is 26.5 Å². The molecule has 2 aromatic heterocycles. The van der Waals surface area contributed by atoms with E-state index < -0.39 is 0 Å². The third-order valence-electron chi connectivity index (χ3n) is 5.29. The highest BCUT2D eigenvalue weighted by Crippen LogP contribution is 2.27. The molecule has 1 aliphatic rings. The molecule has 4 rings (SSSR count). The molecule has 0 unspecified atom stereocenters. The number of amides is 1. The van der Waals surface area contributed by atoms with Crippen LogP contribution in [-0.2, 0) is 24.3 Å². The third-order valence-corrected chi connectivity index (χ3v) is 6.52. The largest absolute Gasteiger partial charge is 0.403 e. The average Bonchev–Trinajstić information content (AvgIpc) is 3.27. The van der Waals surface area contributed by atoms with Gasteiger partial charge in [0.25, 0.3) is 5.91 Å². The first-order chi connectivity index (χ1) is 16.1. The maximum atomic E-state index is 12.6. The van der Waals surface area contributed by atoms with Gasteiger partial charge < -0.3 is 21.1 Å². The molecule has 1 amide bonds. The minimum Gasteiger partial charge on any atom is -0.403 e. The predicted molar refractivity (Wildman–Crippen MR) is 131 cm³/mol. The van der Waals surface area contributed by atoms with Gasteiger partial charge in [-0.1, -0.05) is 12.1 Å². The molecule has 1 aliphatic heterocycles. The minimum absolute atomic E-state index is 0.0521. The smallest absolute Gasteiger partial charge is 0.261 e. The fraction of sp³-hybridized carbons (Fsp3) is 0.250. The number of ether oxygens (including phenoxy) is 1. The molecular weight excluding hydrogens is 436 g/mol. The lowest BCUT2D eigenvalue weighted by atomic mass is 10.0. The Hall–Kier alpha value is -3.56. The number of aryl methyl sites for hydroxylation is 1. The van der Waals surface area contributed by atoms with E-state index in [1.54, 1.807) is 30.8 Å². The fourth-order valence-electron chi connectivity index (χ4n) is 3.54. The van der Waals surface area contributed by atoms with Crippen molar-refractivity contribution in [1.82, 2.24) is 15.3 Å². The van der Waals surface area contributed by atoms with E-state index in [1.165, 1.54) is 11.1 Å². The Morgan fingerprint density at radius 3 is 2.97 bits per heavy atom. The highest BCUT2D eigenvalue weighted by molar-refractivity contribution is 7.14. The van der Waals surface area contributed by atoms with Crippen LogP contribution in [-0.4, -0.2) is 35.7 Å². The maximum absolute atomic E-state index is 12.6. The number of benzene rings is 1. The van der Waals surface area contributed by atoms with Crippen LogP contribution in [0.25, 0.3) is 11.3 Å². The Balaban J connectivity index is 1.43. The number of nitrogens with one attached hydrogen (secondary N) is 2. The van der Waals surface area contributed by atoms with Gasteiger partial charge in [-0.15, -0.1) is 11.3 Å². The minimum atomic E-state index is -0.0521. The van der Waals surface area contributed by atoms with Crippen LogP contribution in [0.2, 0.25) is 0 Å². The second-order valence-electron chi connectivity index (χ2n) is 7.59. The Morgan fingerprint density at radius 1 is 1.33 bits per heavy atom. The van der Waals surface area contributed by atoms with Crippen LogP contribution < -0.4 is 16.4 Å². The fourth-order valence-corrected chi connectivity index (χ4v) is 4.61. The summed E-state index contributed by atoms with van der Waals surface area (Å²) < 4.78 is 5.47. The van der Waals surface area contributed by atoms with Gasteiger partial charge in [0.2, 0.25) is 5.95 Å². The third kappa shape index (κ3) is 5.44. The molecule has 8 nitrogen and oxygen atoms in total. The Kier molecular flexibility index (Phi) is 7.11. The quantitative estimate of drug-likeness (QED) is 0.464. The van der Waals surface area contributed by atoms with Gasteiger partial charge in [0.15, 0.2) is 0 Å². The molecule has 0 fully saturated rings. The van der Waals surface area contributed by atoms with Gasteiger partial charge in [-0.3, -0.25) is 9.79 Å². The lowest BCUT2D eigenvalue weighted by Gasteiger charge is -2.11. The summed E-state index contributed by atoms with van der Waals surface area (Å²) in [5.41, 5.74) is 11.2. The lowest BCUT2D eigenvalue weighted by Crippen LogP contribution is -2.22. The molecule has 3 aromatic rings. The molecule has 3 heterocycles. The zero-order chi connectivity index (χ0) is 23.2. The molecule has 0 bridgehead atoms. The molecule has 0 aliphatic carbocycles. The number of allylic oxidation sites excluding steroid dienone is 1. The van der Waals surface area contributed by atoms with Crippen molar-refractivity contribution in [3.63, 3.8) is 0 Å². The van der Waals surface area contributed by atoms with E-state index in [9.17, 15) is 4.79 Å². The molecule has 4 N–H and O–H groups in total. The number of hydrogen-bond acceptors (Lipinski definition) is 8. The molecule has 170 valence electrons. The molecule has 9 heteroatoms. The first-order valence-electron chi connectivity index (χ1n) is 10.6. The number of rotatable bonds is 7. The number of hydrogen-bond donors (Lipinski definition) is 3. The molecule has 0 radical (unpaired) electrons. The molecular formula is C24H26N6O2S. The molecule has 1 aromatic carbocycles. The summed E-state index contributed by atoms with van der Waals surface area (Å²) in [4.78, 5) is 27.4. The second kappa shape index (κ2) is 10.4. The first-order valence-corrected chi connectivity index (χ1v) is 11.4. The molecule has 0 atom stereocenters. The van der Waals surface area contributed by atoms with Gasteiger partial charge in [-0.05, 0) is 41.8 Å². The van der Waals surface area contributed by atoms with Crippen molar-refractivity contribution in [3.8, 4) is 11.3 Å². The summed E-state index contributed by atoms with van der Waals surface area (Å²) in [7, 11) is 1.66. The molecule has 33 heavy (non-hydrogen) atoms. The molecule has 0 saturated carbocycles. The van der Waals surface area contributed by atoms with Crippen molar-refractivity contribution in [2.75, 3.05) is 19.0 Å². The van der Waals surface area contributed by atoms with E-state index in [0.717, 1.165) is 45.9 Å². The summed E-state index contributed by atoms with van der Waals surface area (Å²) in [5, 5.41) is 6.08. The van der Waals surface area contributed by atoms with Crippen LogP contribution in [0.15, 0.2) is 53.4 Å². The van der Waals surface area contributed by atoms with E-state index in [-0.39, 0.29) is 5.91 Å². The van der Waals surface area contributed by atoms with Crippen molar-refractivity contribution in [3.05, 3.63) is 74.9 Å². The van der Waals surface area contributed by atoms with Crippen molar-refractivity contribution in [1.29, 1.82) is 0 Å². The van der Waals surface area contributed by atoms with Crippen LogP contribution in [0.1, 0.15) is 31.2 Å². The maximum Gasteiger partial charge on any atom is 0.261 e. The number of carbonyl (C=O) groups is 1. The van der Waals surface area contributed by atoms with Crippen molar-refractivity contribution >= 4 is 29.4 Å². The van der Waals surface area contributed by atoms with E-state index in [0.29, 0.717) is 24.8 Å². The van der Waals surface area contributed by atoms with E-state index >= 15 is 0 Å². The number of anilines is 1. The zero-order valence-electron chi connectivity index (χ0n) is 18.6. The van der Waals surface area contributed by atoms with E-state index in [4.69, 9.17) is 10.5 Å². The number of thiophene rings is 1. The standard InChI is InChI=1S/C24H26N6O2S/c1-15-9-16(20-5-7-27-24(30-20)29-19(11-25)13-26-2)3-4-17(15)12-28-23(31)22-10-18-14-32-8-6-21(18)33-22/h3-5,7,9-11,13H,6,8,12,14,25H2,1-2H3,(H,28,31)(H,27,29,30). The summed E-state index contributed by atoms with van der Waals surface area (Å²) in [6, 6.07) is 9.87. The van der Waals surface area contributed by atoms with Crippen molar-refractivity contribution in [2.24, 2.45) is 10.7 Å². The number of fused-ring (bicyclic) bond motifs is 1. The number of nitrogens with zero attached hydrogens (tertiary/aromatic N) is 3. The number of carbonyl (C=O) groups excluding carboxylic acids is 1. The summed E-state index contributed by atoms with van der Waals surface area (Å²) >= 11 is 1.56. The number of nitrogens with two attached hydrogens (primary N) is 1. The van der Waals surface area contributed by atoms with Gasteiger partial charge in [0.05, 0.1) is 29.5 Å². The topological polar surface area (TPSA) is 115 Å². The lowest BCUT2D eigenvalue weighted by molar-refractivity contribution is 0.0954. The van der Waals surface area contributed by atoms with Crippen LogP contribution in [0.5, 0.6) is 0 Å². The van der Waals surface area contributed by atoms with Gasteiger partial charge in [0.1, 0.15) is 0 Å². The SMILES string of the molecule is CN=CC(=CN)Nc1nccc(-c2ccc(CNC(=O)c3cc4c(s3)CCOC4)c(C)c2)n1. The van der Waals surface area contributed by atoms with E-state index in [2.05, 4.69) is 31.7 Å². The van der Waals surface area contributed by atoms with Gasteiger partial charge in [-0.2, -0.15) is 0 Å². The van der Waals surface area contributed by atoms with Gasteiger partial charge >= 0.3 is 0 Å². The van der Waals surface area contributed by atoms with Crippen LogP contribution in [0.4, 0.5) is 5.95 Å². The van der Waals surface area contributed by atoms with Gasteiger partial charge in [0, 0.05) is 49.1 Å². The normalized spacial score (nSPS) is 13.7. The summed E-state index contributed by atoms with van der Waals surface area (Å²) in [5.74, 6) is 0.380. The Labute approximate surface area is 196 Å². The summed E-state index contributed by atoms with van der Waals surface area (Å²) in [6.07, 6.45) is 5.58. The monoisotopic (exact) mass is 462 g/mol. The Bertz CT molecular complexity index is 1190. The average molecular weight is 463 g/mol. The van der Waals surface area contributed by atoms with Crippen LogP contribution in [0, 0.1) is 6.92 Å². The van der Waals surface area contributed by atoms with Crippen LogP contribution >= 0.6 is 11.3 Å². The highest BCUT2D eigenvalue weighted by Gasteiger charge is 2.17. The van der Waals surface area contributed by atoms with Gasteiger partial charge in [-0.25, -0.2) is 9.97 Å². The summed E-state index contributed by atoms with van der Waals surface area (Å²) in [6.45, 7) is 3.80. The molecule has 0 saturated heterocycles. The van der Waals surface area contributed by atoms with Crippen molar-refractivity contribution < 1.29 is 9.53 Å². The number of aromatic nitrogens is 2. The second-order valence-corrected chi connectivity index (χ2v) is 8.72. The first kappa shape index (κ1) is 22.6. The number of aliphatic imine (C=N–C) groups is 1. The molecule has 0 spiro atoms. The zero-order valence-corrected chi connectivity index (χ0v) is 19.4.